The monoisotopic (exact) mass is 435 g/mol. The maximum absolute atomic E-state index is 12.8. The van der Waals surface area contributed by atoms with Gasteiger partial charge in [-0.1, -0.05) is 12.1 Å². The number of nitrogens with one attached hydrogen (secondary N) is 1. The summed E-state index contributed by atoms with van der Waals surface area (Å²) in [6.07, 6.45) is 5.08. The van der Waals surface area contributed by atoms with Crippen molar-refractivity contribution in [1.29, 1.82) is 0 Å². The molecule has 0 spiro atoms. The summed E-state index contributed by atoms with van der Waals surface area (Å²) in [5, 5.41) is 0. The lowest BCUT2D eigenvalue weighted by molar-refractivity contribution is 0.459. The molecule has 0 aliphatic rings. The van der Waals surface area contributed by atoms with Crippen LogP contribution in [-0.2, 0) is 10.0 Å². The molecule has 0 aliphatic carbocycles. The number of nitrogens with zero attached hydrogens (tertiary/aromatic N) is 4. The van der Waals surface area contributed by atoms with Gasteiger partial charge >= 0.3 is 0 Å². The average Bonchev–Trinajstić information content (AvgIpc) is 3.26. The van der Waals surface area contributed by atoms with E-state index >= 15 is 0 Å². The molecule has 9 heteroatoms. The van der Waals surface area contributed by atoms with Crippen LogP contribution in [0.15, 0.2) is 72.1 Å². The van der Waals surface area contributed by atoms with Gasteiger partial charge in [-0.2, -0.15) is 4.98 Å². The summed E-state index contributed by atoms with van der Waals surface area (Å²) >= 11 is 0. The molecule has 0 aliphatic heterocycles. The molecule has 0 unspecified atom stereocenters. The fourth-order valence-corrected chi connectivity index (χ4v) is 4.41. The third-order valence-electron chi connectivity index (χ3n) is 4.53. The van der Waals surface area contributed by atoms with Crippen molar-refractivity contribution in [3.8, 4) is 17.4 Å². The van der Waals surface area contributed by atoms with Crippen molar-refractivity contribution in [3.05, 3.63) is 84.2 Å². The topological polar surface area (TPSA) is 99.0 Å². The Labute approximate surface area is 180 Å². The van der Waals surface area contributed by atoms with E-state index in [0.717, 1.165) is 5.56 Å². The van der Waals surface area contributed by atoms with Gasteiger partial charge < -0.3 is 4.74 Å². The van der Waals surface area contributed by atoms with Crippen molar-refractivity contribution < 1.29 is 13.2 Å². The Morgan fingerprint density at radius 2 is 1.74 bits per heavy atom. The third-order valence-corrected chi connectivity index (χ3v) is 6.06. The van der Waals surface area contributed by atoms with Crippen molar-refractivity contribution in [2.75, 3.05) is 4.72 Å². The molecule has 0 amide bonds. The maximum Gasteiger partial charge on any atom is 0.262 e. The first kappa shape index (κ1) is 20.5. The van der Waals surface area contributed by atoms with Crippen LogP contribution in [0.1, 0.15) is 17.0 Å². The van der Waals surface area contributed by atoms with E-state index in [0.29, 0.717) is 34.5 Å². The van der Waals surface area contributed by atoms with Gasteiger partial charge in [0.15, 0.2) is 0 Å². The summed E-state index contributed by atoms with van der Waals surface area (Å²) < 4.78 is 35.8. The number of rotatable bonds is 6. The van der Waals surface area contributed by atoms with Crippen LogP contribution in [0.5, 0.6) is 11.6 Å². The van der Waals surface area contributed by atoms with Crippen LogP contribution in [0.3, 0.4) is 0 Å². The Balaban J connectivity index is 1.52. The van der Waals surface area contributed by atoms with Gasteiger partial charge in [0, 0.05) is 24.1 Å². The van der Waals surface area contributed by atoms with Gasteiger partial charge in [-0.05, 0) is 62.2 Å². The lowest BCUT2D eigenvalue weighted by atomic mass is 10.2. The number of aryl methyl sites for hydroxylation is 3. The summed E-state index contributed by atoms with van der Waals surface area (Å²) in [5.41, 5.74) is 2.00. The summed E-state index contributed by atoms with van der Waals surface area (Å²) in [5.74, 6) is 2.08. The molecule has 1 N–H and O–H groups in total. The number of anilines is 1. The second-order valence-corrected chi connectivity index (χ2v) is 8.73. The van der Waals surface area contributed by atoms with E-state index in [1.54, 1.807) is 79.6 Å². The third kappa shape index (κ3) is 4.72. The number of sulfonamides is 1. The van der Waals surface area contributed by atoms with Crippen LogP contribution >= 0.6 is 0 Å². The van der Waals surface area contributed by atoms with E-state index in [1.165, 1.54) is 0 Å². The van der Waals surface area contributed by atoms with Gasteiger partial charge in [-0.3, -0.25) is 9.29 Å². The van der Waals surface area contributed by atoms with E-state index in [-0.39, 0.29) is 4.90 Å². The lowest BCUT2D eigenvalue weighted by Crippen LogP contribution is -2.14. The van der Waals surface area contributed by atoms with Crippen LogP contribution in [0.25, 0.3) is 5.82 Å². The Hall–Kier alpha value is -3.72. The minimum atomic E-state index is -3.69. The zero-order valence-electron chi connectivity index (χ0n) is 17.3. The zero-order valence-corrected chi connectivity index (χ0v) is 18.1. The van der Waals surface area contributed by atoms with Gasteiger partial charge in [0.1, 0.15) is 23.7 Å². The SMILES string of the molecule is Cc1ccc(C)c(S(=O)(=O)Nc2ccc(Oc3cc(-n4ccnc4)nc(C)n3)cc2)c1. The molecule has 2 heterocycles. The number of ether oxygens (including phenoxy) is 1. The van der Waals surface area contributed by atoms with Gasteiger partial charge in [-0.15, -0.1) is 0 Å². The second-order valence-electron chi connectivity index (χ2n) is 7.08. The van der Waals surface area contributed by atoms with E-state index in [2.05, 4.69) is 19.7 Å². The summed E-state index contributed by atoms with van der Waals surface area (Å²) in [7, 11) is -3.69. The minimum absolute atomic E-state index is 0.260. The zero-order chi connectivity index (χ0) is 22.0. The Bertz CT molecular complexity index is 1320. The molecule has 158 valence electrons. The number of benzene rings is 2. The van der Waals surface area contributed by atoms with E-state index in [9.17, 15) is 8.42 Å². The molecule has 0 radical (unpaired) electrons. The second kappa shape index (κ2) is 8.19. The van der Waals surface area contributed by atoms with Crippen LogP contribution in [0.2, 0.25) is 0 Å². The molecular formula is C22H21N5O3S. The van der Waals surface area contributed by atoms with Gasteiger partial charge in [0.25, 0.3) is 10.0 Å². The summed E-state index contributed by atoms with van der Waals surface area (Å²) in [4.78, 5) is 12.9. The average molecular weight is 436 g/mol. The Kier molecular flexibility index (Phi) is 5.43. The first-order valence-corrected chi connectivity index (χ1v) is 11.0. The molecule has 0 bridgehead atoms. The first-order chi connectivity index (χ1) is 14.8. The largest absolute Gasteiger partial charge is 0.439 e. The highest BCUT2D eigenvalue weighted by Crippen LogP contribution is 2.25. The quantitative estimate of drug-likeness (QED) is 0.488. The number of hydrogen-bond acceptors (Lipinski definition) is 6. The van der Waals surface area contributed by atoms with Gasteiger partial charge in [0.05, 0.1) is 4.90 Å². The van der Waals surface area contributed by atoms with Crippen LogP contribution in [0.4, 0.5) is 5.69 Å². The molecule has 0 saturated heterocycles. The van der Waals surface area contributed by atoms with E-state index < -0.39 is 10.0 Å². The highest BCUT2D eigenvalue weighted by atomic mass is 32.2. The van der Waals surface area contributed by atoms with Gasteiger partial charge in [0.2, 0.25) is 5.88 Å². The van der Waals surface area contributed by atoms with Crippen molar-refractivity contribution in [1.82, 2.24) is 19.5 Å². The highest BCUT2D eigenvalue weighted by Gasteiger charge is 2.17. The molecule has 2 aromatic carbocycles. The number of aromatic nitrogens is 4. The molecule has 31 heavy (non-hydrogen) atoms. The molecule has 0 atom stereocenters. The van der Waals surface area contributed by atoms with E-state index in [4.69, 9.17) is 4.74 Å². The van der Waals surface area contributed by atoms with E-state index in [1.807, 2.05) is 13.0 Å². The Morgan fingerprint density at radius 3 is 2.45 bits per heavy atom. The standard InChI is InChI=1S/C22H21N5O3S/c1-15-4-5-16(2)20(12-15)31(28,29)26-18-6-8-19(9-7-18)30-22-13-21(24-17(3)25-22)27-11-10-23-14-27/h4-14,26H,1-3H3. The molecule has 2 aromatic heterocycles. The molecular weight excluding hydrogens is 414 g/mol. The summed E-state index contributed by atoms with van der Waals surface area (Å²) in [6, 6.07) is 13.7. The van der Waals surface area contributed by atoms with Crippen LogP contribution in [0, 0.1) is 20.8 Å². The summed E-state index contributed by atoms with van der Waals surface area (Å²) in [6.45, 7) is 5.41. The fraction of sp³-hybridized carbons (Fsp3) is 0.136. The number of imidazole rings is 1. The van der Waals surface area contributed by atoms with Crippen molar-refractivity contribution in [3.63, 3.8) is 0 Å². The lowest BCUT2D eigenvalue weighted by Gasteiger charge is -2.12. The van der Waals surface area contributed by atoms with Crippen molar-refractivity contribution >= 4 is 15.7 Å². The predicted molar refractivity (Wildman–Crippen MR) is 117 cm³/mol. The van der Waals surface area contributed by atoms with Gasteiger partial charge in [-0.25, -0.2) is 18.4 Å². The highest BCUT2D eigenvalue weighted by molar-refractivity contribution is 7.92. The minimum Gasteiger partial charge on any atom is -0.439 e. The molecule has 4 rings (SSSR count). The molecule has 0 saturated carbocycles. The number of hydrogen-bond donors (Lipinski definition) is 1. The Morgan fingerprint density at radius 1 is 0.968 bits per heavy atom. The smallest absolute Gasteiger partial charge is 0.262 e. The molecule has 0 fully saturated rings. The fourth-order valence-electron chi connectivity index (χ4n) is 3.02. The van der Waals surface area contributed by atoms with Crippen LogP contribution in [-0.4, -0.2) is 27.9 Å². The van der Waals surface area contributed by atoms with Crippen molar-refractivity contribution in [2.45, 2.75) is 25.7 Å². The normalized spacial score (nSPS) is 11.3. The first-order valence-electron chi connectivity index (χ1n) is 9.52. The molecule has 4 aromatic rings. The molecule has 8 nitrogen and oxygen atoms in total. The van der Waals surface area contributed by atoms with Crippen LogP contribution < -0.4 is 9.46 Å². The predicted octanol–water partition coefficient (Wildman–Crippen LogP) is 4.18. The van der Waals surface area contributed by atoms with Crippen molar-refractivity contribution in [2.24, 2.45) is 0 Å². The maximum atomic E-state index is 12.8.